The maximum Gasteiger partial charge on any atom is 0.326 e. The summed E-state index contributed by atoms with van der Waals surface area (Å²) in [7, 11) is 1.52. The third-order valence-corrected chi connectivity index (χ3v) is 2.98. The molecular formula is C12H24N2O4. The van der Waals surface area contributed by atoms with Gasteiger partial charge in [0.1, 0.15) is 6.04 Å². The molecule has 2 amide bonds. The second-order valence-electron chi connectivity index (χ2n) is 6.12. The van der Waals surface area contributed by atoms with E-state index in [0.29, 0.717) is 0 Å². The van der Waals surface area contributed by atoms with Crippen LogP contribution in [-0.4, -0.2) is 52.3 Å². The molecule has 0 bridgehead atoms. The number of hydrogen-bond acceptors (Lipinski definition) is 3. The maximum atomic E-state index is 12.0. The highest BCUT2D eigenvalue weighted by Crippen LogP contribution is 2.20. The van der Waals surface area contributed by atoms with E-state index < -0.39 is 29.0 Å². The van der Waals surface area contributed by atoms with Crippen LogP contribution in [0.1, 0.15) is 34.6 Å². The number of carbonyl (C=O) groups excluding carboxylic acids is 1. The lowest BCUT2D eigenvalue weighted by molar-refractivity contribution is -0.142. The van der Waals surface area contributed by atoms with Gasteiger partial charge in [0.2, 0.25) is 0 Å². The van der Waals surface area contributed by atoms with Crippen LogP contribution in [0.15, 0.2) is 0 Å². The average Bonchev–Trinajstić information content (AvgIpc) is 2.22. The number of aliphatic carboxylic acids is 1. The molecule has 0 saturated carbocycles. The number of aliphatic hydroxyl groups is 1. The molecule has 0 spiro atoms. The van der Waals surface area contributed by atoms with E-state index >= 15 is 0 Å². The number of nitrogens with zero attached hydrogens (tertiary/aromatic N) is 1. The van der Waals surface area contributed by atoms with Gasteiger partial charge in [-0.1, -0.05) is 20.8 Å². The molecule has 0 aromatic rings. The molecule has 0 aromatic heterocycles. The predicted octanol–water partition coefficient (Wildman–Crippen LogP) is 0.898. The van der Waals surface area contributed by atoms with Gasteiger partial charge in [0.25, 0.3) is 0 Å². The first-order valence-electron chi connectivity index (χ1n) is 5.81. The zero-order valence-electron chi connectivity index (χ0n) is 11.9. The lowest BCUT2D eigenvalue weighted by Crippen LogP contribution is -2.57. The molecule has 0 radical (unpaired) electrons. The van der Waals surface area contributed by atoms with Crippen LogP contribution in [0.25, 0.3) is 0 Å². The smallest absolute Gasteiger partial charge is 0.326 e. The molecule has 1 atom stereocenters. The van der Waals surface area contributed by atoms with E-state index in [-0.39, 0.29) is 6.61 Å². The molecule has 3 N–H and O–H groups in total. The number of rotatable bonds is 4. The lowest BCUT2D eigenvalue weighted by Gasteiger charge is -2.36. The van der Waals surface area contributed by atoms with Gasteiger partial charge in [-0.05, 0) is 19.3 Å². The van der Waals surface area contributed by atoms with E-state index in [1.807, 2.05) is 0 Å². The van der Waals surface area contributed by atoms with Gasteiger partial charge in [-0.2, -0.15) is 0 Å². The molecule has 0 aliphatic carbocycles. The molecule has 0 saturated heterocycles. The summed E-state index contributed by atoms with van der Waals surface area (Å²) in [5, 5.41) is 20.8. The van der Waals surface area contributed by atoms with E-state index in [2.05, 4.69) is 5.32 Å². The first-order chi connectivity index (χ1) is 7.93. The Labute approximate surface area is 108 Å². The predicted molar refractivity (Wildman–Crippen MR) is 68.3 cm³/mol. The van der Waals surface area contributed by atoms with Gasteiger partial charge >= 0.3 is 12.0 Å². The summed E-state index contributed by atoms with van der Waals surface area (Å²) in [6.07, 6.45) is 0. The number of likely N-dealkylation sites (N-methyl/N-ethyl adjacent to an activating group) is 1. The molecule has 0 rings (SSSR count). The van der Waals surface area contributed by atoms with Gasteiger partial charge < -0.3 is 20.4 Å². The molecule has 18 heavy (non-hydrogen) atoms. The molecule has 6 heteroatoms. The summed E-state index contributed by atoms with van der Waals surface area (Å²) in [5.41, 5.74) is -1.34. The Morgan fingerprint density at radius 2 is 1.67 bits per heavy atom. The highest BCUT2D eigenvalue weighted by Gasteiger charge is 2.35. The SMILES string of the molecule is CN(C(=O)N[C@@H](C(=O)O)C(C)(C)C)C(C)(C)CO. The fraction of sp³-hybridized carbons (Fsp3) is 0.833. The van der Waals surface area contributed by atoms with Crippen molar-refractivity contribution >= 4 is 12.0 Å². The van der Waals surface area contributed by atoms with Gasteiger partial charge in [-0.15, -0.1) is 0 Å². The van der Waals surface area contributed by atoms with E-state index in [0.717, 1.165) is 0 Å². The molecular weight excluding hydrogens is 236 g/mol. The third kappa shape index (κ3) is 4.18. The Kier molecular flexibility index (Phi) is 5.16. The van der Waals surface area contributed by atoms with Crippen molar-refractivity contribution in [1.29, 1.82) is 0 Å². The van der Waals surface area contributed by atoms with Crippen molar-refractivity contribution in [3.63, 3.8) is 0 Å². The summed E-state index contributed by atoms with van der Waals surface area (Å²) in [5.74, 6) is -1.08. The van der Waals surface area contributed by atoms with Crippen molar-refractivity contribution < 1.29 is 19.8 Å². The number of aliphatic hydroxyl groups excluding tert-OH is 1. The zero-order chi connectivity index (χ0) is 14.7. The number of amides is 2. The Morgan fingerprint density at radius 3 is 1.94 bits per heavy atom. The van der Waals surface area contributed by atoms with Gasteiger partial charge in [-0.3, -0.25) is 0 Å². The minimum absolute atomic E-state index is 0.204. The number of urea groups is 1. The van der Waals surface area contributed by atoms with Crippen LogP contribution >= 0.6 is 0 Å². The maximum absolute atomic E-state index is 12.0. The summed E-state index contributed by atoms with van der Waals surface area (Å²) in [6, 6.07) is -1.50. The Morgan fingerprint density at radius 1 is 1.22 bits per heavy atom. The Balaban J connectivity index is 4.88. The van der Waals surface area contributed by atoms with Crippen LogP contribution in [0.2, 0.25) is 0 Å². The first kappa shape index (κ1) is 16.7. The molecule has 0 aliphatic heterocycles. The van der Waals surface area contributed by atoms with Crippen molar-refractivity contribution in [2.45, 2.75) is 46.2 Å². The van der Waals surface area contributed by atoms with Crippen LogP contribution in [-0.2, 0) is 4.79 Å². The monoisotopic (exact) mass is 260 g/mol. The topological polar surface area (TPSA) is 89.9 Å². The number of carboxylic acid groups (broad SMARTS) is 1. The quantitative estimate of drug-likeness (QED) is 0.700. The first-order valence-corrected chi connectivity index (χ1v) is 5.81. The summed E-state index contributed by atoms with van der Waals surface area (Å²) in [6.45, 7) is 8.40. The standard InChI is InChI=1S/C12H24N2O4/c1-11(2,3)8(9(16)17)13-10(18)14(6)12(4,5)7-15/h8,15H,7H2,1-6H3,(H,13,18)(H,16,17)/t8-/m0/s1. The van der Waals surface area contributed by atoms with Crippen LogP contribution in [0.3, 0.4) is 0 Å². The van der Waals surface area contributed by atoms with E-state index in [1.54, 1.807) is 34.6 Å². The van der Waals surface area contributed by atoms with Crippen LogP contribution in [0.5, 0.6) is 0 Å². The van der Waals surface area contributed by atoms with E-state index in [4.69, 9.17) is 5.11 Å². The largest absolute Gasteiger partial charge is 0.480 e. The van der Waals surface area contributed by atoms with Gasteiger partial charge in [0.15, 0.2) is 0 Å². The molecule has 0 heterocycles. The second-order valence-corrected chi connectivity index (χ2v) is 6.12. The molecule has 0 unspecified atom stereocenters. The normalized spacial score (nSPS) is 13.9. The number of carbonyl (C=O) groups is 2. The van der Waals surface area contributed by atoms with Crippen LogP contribution < -0.4 is 5.32 Å². The molecule has 6 nitrogen and oxygen atoms in total. The summed E-state index contributed by atoms with van der Waals surface area (Å²) >= 11 is 0. The highest BCUT2D eigenvalue weighted by atomic mass is 16.4. The molecule has 0 fully saturated rings. The van der Waals surface area contributed by atoms with E-state index in [1.165, 1.54) is 11.9 Å². The van der Waals surface area contributed by atoms with Crippen LogP contribution in [0.4, 0.5) is 4.79 Å². The summed E-state index contributed by atoms with van der Waals surface area (Å²) in [4.78, 5) is 24.4. The van der Waals surface area contributed by atoms with E-state index in [9.17, 15) is 14.7 Å². The molecule has 0 aliphatic rings. The second kappa shape index (κ2) is 5.56. The van der Waals surface area contributed by atoms with Crippen molar-refractivity contribution in [3.8, 4) is 0 Å². The summed E-state index contributed by atoms with van der Waals surface area (Å²) < 4.78 is 0. The van der Waals surface area contributed by atoms with Crippen molar-refractivity contribution in [2.24, 2.45) is 5.41 Å². The van der Waals surface area contributed by atoms with Crippen molar-refractivity contribution in [1.82, 2.24) is 10.2 Å². The Bertz CT molecular complexity index is 321. The fourth-order valence-corrected chi connectivity index (χ4v) is 1.25. The minimum atomic E-state index is -1.08. The van der Waals surface area contributed by atoms with Crippen LogP contribution in [0, 0.1) is 5.41 Å². The average molecular weight is 260 g/mol. The van der Waals surface area contributed by atoms with Crippen molar-refractivity contribution in [3.05, 3.63) is 0 Å². The molecule has 0 aromatic carbocycles. The highest BCUT2D eigenvalue weighted by molar-refractivity contribution is 5.83. The number of nitrogens with one attached hydrogen (secondary N) is 1. The van der Waals surface area contributed by atoms with Crippen molar-refractivity contribution in [2.75, 3.05) is 13.7 Å². The lowest BCUT2D eigenvalue weighted by atomic mass is 9.87. The third-order valence-electron chi connectivity index (χ3n) is 2.98. The zero-order valence-corrected chi connectivity index (χ0v) is 11.9. The van der Waals surface area contributed by atoms with Gasteiger partial charge in [-0.25, -0.2) is 9.59 Å². The number of hydrogen-bond donors (Lipinski definition) is 3. The number of carboxylic acids is 1. The Hall–Kier alpha value is -1.30. The van der Waals surface area contributed by atoms with Gasteiger partial charge in [0.05, 0.1) is 12.1 Å². The van der Waals surface area contributed by atoms with Gasteiger partial charge in [0, 0.05) is 7.05 Å². The minimum Gasteiger partial charge on any atom is -0.480 e. The fourth-order valence-electron chi connectivity index (χ4n) is 1.25. The molecule has 106 valence electrons.